The van der Waals surface area contributed by atoms with E-state index in [1.165, 1.54) is 59.3 Å². The van der Waals surface area contributed by atoms with E-state index >= 15 is 0 Å². The normalized spacial score (nSPS) is 18.0. The van der Waals surface area contributed by atoms with E-state index in [-0.39, 0.29) is 10.8 Å². The van der Waals surface area contributed by atoms with Gasteiger partial charge in [-0.15, -0.1) is 0 Å². The Kier molecular flexibility index (Phi) is 15.2. The molecule has 4 aromatic rings. The summed E-state index contributed by atoms with van der Waals surface area (Å²) >= 11 is 0. The van der Waals surface area contributed by atoms with E-state index in [1.54, 1.807) is 0 Å². The van der Waals surface area contributed by atoms with Gasteiger partial charge in [-0.3, -0.25) is 29.4 Å². The Balaban J connectivity index is 0.000000191. The van der Waals surface area contributed by atoms with Gasteiger partial charge in [0.2, 0.25) is 0 Å². The standard InChI is InChI=1S/2C23H35N7O2/c2*1-23(2,3)21-25-18(17-7-6-8-17)15-19(26-21)29-13-11-28(12-14-29)9-4-5-10-30-22(32)27-20(31)16-24-30/h2*15-17H,4-14H2,1-3H3,(H,27,31,32). The Morgan fingerprint density at radius 3 is 1.19 bits per heavy atom. The molecule has 2 aliphatic carbocycles. The van der Waals surface area contributed by atoms with Crippen molar-refractivity contribution in [1.82, 2.24) is 59.3 Å². The van der Waals surface area contributed by atoms with Crippen molar-refractivity contribution in [3.05, 3.63) is 89.2 Å². The van der Waals surface area contributed by atoms with Gasteiger partial charge in [-0.2, -0.15) is 10.2 Å². The zero-order valence-electron chi connectivity index (χ0n) is 39.0. The van der Waals surface area contributed by atoms with Gasteiger partial charge in [0.1, 0.15) is 35.7 Å². The van der Waals surface area contributed by atoms with E-state index in [4.69, 9.17) is 19.9 Å². The van der Waals surface area contributed by atoms with Gasteiger partial charge in [0, 0.05) is 112 Å². The highest BCUT2D eigenvalue weighted by Crippen LogP contribution is 2.38. The maximum absolute atomic E-state index is 11.7. The van der Waals surface area contributed by atoms with Crippen LogP contribution in [0, 0.1) is 0 Å². The van der Waals surface area contributed by atoms with Crippen LogP contribution in [0.3, 0.4) is 0 Å². The summed E-state index contributed by atoms with van der Waals surface area (Å²) in [7, 11) is 0. The van der Waals surface area contributed by atoms with Crippen LogP contribution in [-0.4, -0.2) is 125 Å². The first-order valence-corrected chi connectivity index (χ1v) is 23.7. The van der Waals surface area contributed by atoms with Crippen LogP contribution in [0.4, 0.5) is 11.6 Å². The van der Waals surface area contributed by atoms with Crippen molar-refractivity contribution in [2.24, 2.45) is 0 Å². The van der Waals surface area contributed by atoms with Gasteiger partial charge in [0.25, 0.3) is 11.1 Å². The van der Waals surface area contributed by atoms with Crippen molar-refractivity contribution < 1.29 is 0 Å². The Morgan fingerprint density at radius 2 is 0.875 bits per heavy atom. The van der Waals surface area contributed by atoms with Crippen molar-refractivity contribution in [3.8, 4) is 0 Å². The number of rotatable bonds is 14. The molecule has 0 spiro atoms. The van der Waals surface area contributed by atoms with Crippen LogP contribution in [0.1, 0.15) is 141 Å². The highest BCUT2D eigenvalue weighted by atomic mass is 16.2. The molecule has 0 aromatic carbocycles. The Labute approximate surface area is 376 Å². The first-order chi connectivity index (χ1) is 30.6. The zero-order chi connectivity index (χ0) is 45.4. The third-order valence-electron chi connectivity index (χ3n) is 13.0. The Hall–Kier alpha value is -5.10. The molecule has 8 rings (SSSR count). The van der Waals surface area contributed by atoms with E-state index in [2.05, 4.69) is 93.4 Å². The number of hydrogen-bond acceptors (Lipinski definition) is 14. The van der Waals surface area contributed by atoms with Gasteiger partial charge in [0.15, 0.2) is 0 Å². The predicted octanol–water partition coefficient (Wildman–Crippen LogP) is 3.78. The van der Waals surface area contributed by atoms with Crippen molar-refractivity contribution in [2.45, 2.75) is 142 Å². The van der Waals surface area contributed by atoms with E-state index in [0.29, 0.717) is 24.9 Å². The fourth-order valence-corrected chi connectivity index (χ4v) is 8.39. The highest BCUT2D eigenvalue weighted by Gasteiger charge is 2.29. The van der Waals surface area contributed by atoms with Crippen LogP contribution >= 0.6 is 0 Å². The number of nitrogens with zero attached hydrogens (tertiary/aromatic N) is 12. The van der Waals surface area contributed by atoms with Crippen LogP contribution < -0.4 is 32.3 Å². The van der Waals surface area contributed by atoms with E-state index < -0.39 is 22.5 Å². The summed E-state index contributed by atoms with van der Waals surface area (Å²) in [6, 6.07) is 4.45. The lowest BCUT2D eigenvalue weighted by Crippen LogP contribution is -2.47. The molecule has 2 saturated heterocycles. The largest absolute Gasteiger partial charge is 0.354 e. The number of unbranched alkanes of at least 4 members (excludes halogenated alkanes) is 2. The molecule has 18 heteroatoms. The lowest BCUT2D eigenvalue weighted by Gasteiger charge is -2.36. The third-order valence-corrected chi connectivity index (χ3v) is 13.0. The Morgan fingerprint density at radius 1 is 0.516 bits per heavy atom. The second-order valence-corrected chi connectivity index (χ2v) is 20.1. The summed E-state index contributed by atoms with van der Waals surface area (Å²) in [4.78, 5) is 79.6. The summed E-state index contributed by atoms with van der Waals surface area (Å²) < 4.78 is 2.64. The lowest BCUT2D eigenvalue weighted by molar-refractivity contribution is 0.249. The number of H-pyrrole nitrogens is 2. The monoisotopic (exact) mass is 883 g/mol. The fourth-order valence-electron chi connectivity index (χ4n) is 8.39. The second-order valence-electron chi connectivity index (χ2n) is 20.1. The average molecular weight is 883 g/mol. The average Bonchev–Trinajstić information content (AvgIpc) is 3.21. The van der Waals surface area contributed by atoms with E-state index in [0.717, 1.165) is 127 Å². The molecule has 2 N–H and O–H groups in total. The smallest absolute Gasteiger partial charge is 0.344 e. The number of aryl methyl sites for hydroxylation is 2. The molecule has 64 heavy (non-hydrogen) atoms. The number of aromatic amines is 2. The summed E-state index contributed by atoms with van der Waals surface area (Å²) in [6.07, 6.45) is 13.6. The SMILES string of the molecule is CC(C)(C)c1nc(C2CCC2)cc(N2CCN(CCCCn3ncc(=O)[nH]c3=O)CC2)n1.CC(C)(C)c1nc(C2CCC2)cc(N2CCN(CCCCn3ncc(=O)[nH]c3=O)CC2)n1. The lowest BCUT2D eigenvalue weighted by atomic mass is 9.82. The van der Waals surface area contributed by atoms with Crippen molar-refractivity contribution >= 4 is 11.6 Å². The quantitative estimate of drug-likeness (QED) is 0.174. The van der Waals surface area contributed by atoms with Crippen LogP contribution in [0.25, 0.3) is 0 Å². The van der Waals surface area contributed by atoms with Crippen molar-refractivity contribution in [2.75, 3.05) is 75.2 Å². The number of anilines is 2. The molecule has 348 valence electrons. The first kappa shape index (κ1) is 46.9. The van der Waals surface area contributed by atoms with E-state index in [9.17, 15) is 19.2 Å². The minimum atomic E-state index is -0.456. The predicted molar refractivity (Wildman–Crippen MR) is 249 cm³/mol. The topological polar surface area (TPSA) is 200 Å². The number of aromatic nitrogens is 10. The summed E-state index contributed by atoms with van der Waals surface area (Å²) in [6.45, 7) is 24.0. The summed E-state index contributed by atoms with van der Waals surface area (Å²) in [5, 5.41) is 7.78. The fraction of sp³-hybridized carbons (Fsp3) is 0.696. The molecule has 2 aliphatic heterocycles. The maximum Gasteiger partial charge on any atom is 0.344 e. The van der Waals surface area contributed by atoms with Crippen molar-refractivity contribution in [1.29, 1.82) is 0 Å². The minimum Gasteiger partial charge on any atom is -0.354 e. The van der Waals surface area contributed by atoms with Gasteiger partial charge in [-0.05, 0) is 64.5 Å². The molecular weight excluding hydrogens is 813 g/mol. The van der Waals surface area contributed by atoms with Gasteiger partial charge in [-0.1, -0.05) is 54.4 Å². The number of piperazine rings is 2. The van der Waals surface area contributed by atoms with Gasteiger partial charge in [0.05, 0.1) is 0 Å². The van der Waals surface area contributed by atoms with Gasteiger partial charge >= 0.3 is 11.4 Å². The third kappa shape index (κ3) is 12.6. The number of hydrogen-bond donors (Lipinski definition) is 2. The molecule has 0 amide bonds. The molecule has 6 heterocycles. The molecule has 0 atom stereocenters. The molecule has 0 bridgehead atoms. The minimum absolute atomic E-state index is 0.0566. The molecule has 4 aromatic heterocycles. The first-order valence-electron chi connectivity index (χ1n) is 23.7. The van der Waals surface area contributed by atoms with Crippen LogP contribution in [-0.2, 0) is 23.9 Å². The van der Waals surface area contributed by atoms with Crippen molar-refractivity contribution in [3.63, 3.8) is 0 Å². The molecule has 0 unspecified atom stereocenters. The number of nitrogens with one attached hydrogen (secondary N) is 2. The second kappa shape index (κ2) is 20.8. The van der Waals surface area contributed by atoms with Crippen LogP contribution in [0.15, 0.2) is 43.7 Å². The molecule has 0 radical (unpaired) electrons. The molecule has 4 fully saturated rings. The molecule has 2 saturated carbocycles. The van der Waals surface area contributed by atoms with Gasteiger partial charge in [-0.25, -0.2) is 38.9 Å². The van der Waals surface area contributed by atoms with E-state index in [1.807, 2.05) is 0 Å². The summed E-state index contributed by atoms with van der Waals surface area (Å²) in [5.74, 6) is 5.26. The zero-order valence-corrected chi connectivity index (χ0v) is 39.0. The molecular formula is C46H70N14O4. The van der Waals surface area contributed by atoms with Crippen LogP contribution in [0.2, 0.25) is 0 Å². The van der Waals surface area contributed by atoms with Gasteiger partial charge < -0.3 is 9.80 Å². The highest BCUT2D eigenvalue weighted by molar-refractivity contribution is 5.43. The maximum atomic E-state index is 11.7. The Bertz CT molecular complexity index is 2220. The molecule has 18 nitrogen and oxygen atoms in total. The van der Waals surface area contributed by atoms with Crippen LogP contribution in [0.5, 0.6) is 0 Å². The summed E-state index contributed by atoms with van der Waals surface area (Å²) in [5.41, 5.74) is 0.542. The molecule has 4 aliphatic rings.